The molecule has 7 nitrogen and oxygen atoms in total. The smallest absolute Gasteiger partial charge is 0.272 e. The number of nitro groups is 1. The molecule has 1 aromatic carbocycles. The Morgan fingerprint density at radius 1 is 1.15 bits per heavy atom. The van der Waals surface area contributed by atoms with Crippen LogP contribution >= 0.6 is 34.5 Å². The van der Waals surface area contributed by atoms with Gasteiger partial charge in [-0.25, -0.2) is 4.68 Å². The summed E-state index contributed by atoms with van der Waals surface area (Å²) >= 11 is 14.0. The van der Waals surface area contributed by atoms with E-state index in [0.717, 1.165) is 4.88 Å². The van der Waals surface area contributed by atoms with E-state index in [0.29, 0.717) is 23.3 Å². The molecule has 3 heterocycles. The largest absolute Gasteiger partial charge is 0.300 e. The molecule has 0 bridgehead atoms. The van der Waals surface area contributed by atoms with Crippen molar-refractivity contribution >= 4 is 51.3 Å². The minimum Gasteiger partial charge on any atom is -0.300 e. The molecule has 0 aliphatic carbocycles. The van der Waals surface area contributed by atoms with Crippen LogP contribution in [-0.2, 0) is 6.54 Å². The summed E-state index contributed by atoms with van der Waals surface area (Å²) in [5.74, 6) is 0. The summed E-state index contributed by atoms with van der Waals surface area (Å²) in [7, 11) is 0. The molecule has 0 fully saturated rings. The van der Waals surface area contributed by atoms with Crippen molar-refractivity contribution in [3.8, 4) is 5.69 Å². The fourth-order valence-corrected chi connectivity index (χ4v) is 4.16. The molecule has 0 amide bonds. The van der Waals surface area contributed by atoms with Crippen LogP contribution < -0.4 is 5.56 Å². The van der Waals surface area contributed by atoms with Crippen molar-refractivity contribution < 1.29 is 4.92 Å². The molecule has 4 rings (SSSR count). The summed E-state index contributed by atoms with van der Waals surface area (Å²) in [6.45, 7) is 0.418. The molecule has 0 atom stereocenters. The third-order valence-electron chi connectivity index (χ3n) is 4.05. The monoisotopic (exact) mass is 420 g/mol. The summed E-state index contributed by atoms with van der Waals surface area (Å²) in [6.07, 6.45) is 1.55. The topological polar surface area (TPSA) is 83.0 Å². The van der Waals surface area contributed by atoms with Crippen molar-refractivity contribution in [2.45, 2.75) is 6.54 Å². The molecule has 0 aliphatic heterocycles. The zero-order chi connectivity index (χ0) is 19.1. The van der Waals surface area contributed by atoms with Crippen LogP contribution in [-0.4, -0.2) is 19.3 Å². The Balaban J connectivity index is 1.90. The van der Waals surface area contributed by atoms with Gasteiger partial charge in [-0.15, -0.1) is 11.3 Å². The van der Waals surface area contributed by atoms with Crippen LogP contribution in [0, 0.1) is 10.1 Å². The number of hydrogen-bond acceptors (Lipinski definition) is 5. The van der Waals surface area contributed by atoms with Crippen molar-refractivity contribution in [1.29, 1.82) is 0 Å². The Kier molecular flexibility index (Phi) is 4.47. The quantitative estimate of drug-likeness (QED) is 0.359. The van der Waals surface area contributed by atoms with Crippen LogP contribution in [0.3, 0.4) is 0 Å². The number of fused-ring (bicyclic) bond motifs is 1. The summed E-state index contributed by atoms with van der Waals surface area (Å²) in [6, 6.07) is 9.39. The van der Waals surface area contributed by atoms with Gasteiger partial charge in [0.25, 0.3) is 11.2 Å². The van der Waals surface area contributed by atoms with Crippen LogP contribution in [0.1, 0.15) is 4.88 Å². The van der Waals surface area contributed by atoms with E-state index < -0.39 is 4.92 Å². The highest BCUT2D eigenvalue weighted by Gasteiger charge is 2.19. The maximum atomic E-state index is 12.4. The van der Waals surface area contributed by atoms with E-state index in [1.807, 2.05) is 17.5 Å². The van der Waals surface area contributed by atoms with Gasteiger partial charge in [0.1, 0.15) is 5.69 Å². The number of aromatic nitrogens is 3. The van der Waals surface area contributed by atoms with Crippen LogP contribution in [0.4, 0.5) is 5.69 Å². The molecule has 0 N–H and O–H groups in total. The van der Waals surface area contributed by atoms with E-state index in [1.165, 1.54) is 22.9 Å². The van der Waals surface area contributed by atoms with Crippen LogP contribution in [0.2, 0.25) is 10.0 Å². The van der Waals surface area contributed by atoms with Gasteiger partial charge in [-0.1, -0.05) is 29.3 Å². The fraction of sp³-hybridized carbons (Fsp3) is 0.0588. The third kappa shape index (κ3) is 3.12. The molecule has 27 heavy (non-hydrogen) atoms. The summed E-state index contributed by atoms with van der Waals surface area (Å²) in [5, 5.41) is 17.4. The van der Waals surface area contributed by atoms with Gasteiger partial charge >= 0.3 is 0 Å². The molecule has 10 heteroatoms. The Morgan fingerprint density at radius 2 is 1.89 bits per heavy atom. The lowest BCUT2D eigenvalue weighted by Crippen LogP contribution is -2.19. The number of thiophene rings is 1. The Labute approximate surface area is 166 Å². The third-order valence-corrected chi connectivity index (χ3v) is 5.48. The molecule has 0 aliphatic rings. The van der Waals surface area contributed by atoms with E-state index in [1.54, 1.807) is 28.2 Å². The second-order valence-electron chi connectivity index (χ2n) is 5.68. The van der Waals surface area contributed by atoms with Crippen LogP contribution in [0.15, 0.2) is 52.8 Å². The number of nitro benzene ring substituents is 1. The van der Waals surface area contributed by atoms with Crippen LogP contribution in [0.5, 0.6) is 0 Å². The molecule has 0 saturated carbocycles. The molecule has 0 saturated heterocycles. The van der Waals surface area contributed by atoms with Crippen LogP contribution in [0.25, 0.3) is 16.7 Å². The maximum absolute atomic E-state index is 12.4. The Bertz CT molecular complexity index is 1210. The van der Waals surface area contributed by atoms with Crippen molar-refractivity contribution in [2.75, 3.05) is 0 Å². The minimum absolute atomic E-state index is 0.0928. The van der Waals surface area contributed by atoms with Gasteiger partial charge in [0, 0.05) is 23.1 Å². The predicted octanol–water partition coefficient (Wildman–Crippen LogP) is 4.51. The first-order valence-corrected chi connectivity index (χ1v) is 9.33. The number of halogens is 2. The van der Waals surface area contributed by atoms with E-state index in [4.69, 9.17) is 23.2 Å². The molecular weight excluding hydrogens is 411 g/mol. The minimum atomic E-state index is -0.568. The zero-order valence-electron chi connectivity index (χ0n) is 13.5. The second-order valence-corrected chi connectivity index (χ2v) is 7.53. The second kappa shape index (κ2) is 6.80. The summed E-state index contributed by atoms with van der Waals surface area (Å²) in [4.78, 5) is 23.8. The van der Waals surface area contributed by atoms with E-state index in [-0.39, 0.29) is 21.3 Å². The van der Waals surface area contributed by atoms with Gasteiger partial charge < -0.3 is 4.57 Å². The molecule has 0 spiro atoms. The Hall–Kier alpha value is -2.68. The van der Waals surface area contributed by atoms with Gasteiger partial charge in [0.05, 0.1) is 38.7 Å². The van der Waals surface area contributed by atoms with E-state index >= 15 is 0 Å². The summed E-state index contributed by atoms with van der Waals surface area (Å²) < 4.78 is 3.09. The first-order chi connectivity index (χ1) is 13.0. The molecule has 136 valence electrons. The fourth-order valence-electron chi connectivity index (χ4n) is 2.83. The molecule has 3 aromatic heterocycles. The highest BCUT2D eigenvalue weighted by molar-refractivity contribution is 7.09. The van der Waals surface area contributed by atoms with Gasteiger partial charge in [0.2, 0.25) is 0 Å². The van der Waals surface area contributed by atoms with Crippen molar-refractivity contribution in [3.05, 3.63) is 83.4 Å². The highest BCUT2D eigenvalue weighted by Crippen LogP contribution is 2.34. The first-order valence-electron chi connectivity index (χ1n) is 7.69. The van der Waals surface area contributed by atoms with Crippen molar-refractivity contribution in [3.63, 3.8) is 0 Å². The van der Waals surface area contributed by atoms with Crippen molar-refractivity contribution in [2.24, 2.45) is 0 Å². The first kappa shape index (κ1) is 17.7. The number of non-ortho nitro benzene ring substituents is 1. The number of rotatable bonds is 4. The molecular formula is C17H10Cl2N4O3S. The lowest BCUT2D eigenvalue weighted by Gasteiger charge is -2.10. The lowest BCUT2D eigenvalue weighted by molar-refractivity contribution is -0.384. The van der Waals surface area contributed by atoms with Gasteiger partial charge in [-0.05, 0) is 17.5 Å². The molecule has 0 unspecified atom stereocenters. The number of nitrogens with zero attached hydrogens (tertiary/aromatic N) is 4. The van der Waals surface area contributed by atoms with Crippen molar-refractivity contribution in [1.82, 2.24) is 14.3 Å². The summed E-state index contributed by atoms with van der Waals surface area (Å²) in [5.41, 5.74) is 1.18. The number of hydrogen-bond donors (Lipinski definition) is 0. The van der Waals surface area contributed by atoms with E-state index in [9.17, 15) is 14.9 Å². The molecule has 4 aromatic rings. The normalized spacial score (nSPS) is 11.2. The van der Waals surface area contributed by atoms with E-state index in [2.05, 4.69) is 5.10 Å². The predicted molar refractivity (Wildman–Crippen MR) is 105 cm³/mol. The highest BCUT2D eigenvalue weighted by atomic mass is 35.5. The molecule has 0 radical (unpaired) electrons. The number of benzene rings is 1. The maximum Gasteiger partial charge on any atom is 0.272 e. The standard InChI is InChI=1S/C17H10Cl2N4O3S/c18-12-6-10(23(25)26)7-13(19)17(12)22-14-3-4-16(24)21(15(14)8-20-22)9-11-2-1-5-27-11/h1-8H,9H2. The average molecular weight is 421 g/mol. The van der Waals surface area contributed by atoms with Gasteiger partial charge in [-0.2, -0.15) is 5.10 Å². The Morgan fingerprint density at radius 3 is 2.52 bits per heavy atom. The lowest BCUT2D eigenvalue weighted by atomic mass is 10.2. The number of pyridine rings is 1. The van der Waals surface area contributed by atoms with Gasteiger partial charge in [0.15, 0.2) is 0 Å². The zero-order valence-corrected chi connectivity index (χ0v) is 15.8. The van der Waals surface area contributed by atoms with Gasteiger partial charge in [-0.3, -0.25) is 14.9 Å². The SMILES string of the molecule is O=c1ccc2c(cnn2-c2c(Cl)cc([N+](=O)[O-])cc2Cl)n1Cc1cccs1. The average Bonchev–Trinajstić information content (AvgIpc) is 3.27.